The predicted molar refractivity (Wildman–Crippen MR) is 57.9 cm³/mol. The summed E-state index contributed by atoms with van der Waals surface area (Å²) < 4.78 is 13.0. The largest absolute Gasteiger partial charge is 0.309 e. The van der Waals surface area contributed by atoms with E-state index in [2.05, 4.69) is 11.4 Å². The van der Waals surface area contributed by atoms with E-state index in [0.717, 1.165) is 5.56 Å². The molecule has 0 heterocycles. The molecular weight excluding hydrogens is 215 g/mol. The maximum Gasteiger partial charge on any atom is 0.142 e. The zero-order chi connectivity index (χ0) is 11.3. The topological polar surface area (TPSA) is 35.8 Å². The number of rotatable bonds is 4. The molecule has 0 aromatic heterocycles. The molecule has 0 amide bonds. The molecule has 1 rings (SSSR count). The van der Waals surface area contributed by atoms with Crippen molar-refractivity contribution in [3.63, 3.8) is 0 Å². The molecule has 1 N–H and O–H groups in total. The Bertz CT molecular complexity index is 373. The van der Waals surface area contributed by atoms with Gasteiger partial charge in [0.1, 0.15) is 5.82 Å². The second kappa shape index (κ2) is 5.69. The summed E-state index contributed by atoms with van der Waals surface area (Å²) in [6.45, 7) is 2.45. The second-order valence-electron chi connectivity index (χ2n) is 3.39. The van der Waals surface area contributed by atoms with Crippen molar-refractivity contribution in [1.29, 1.82) is 5.26 Å². The van der Waals surface area contributed by atoms with Gasteiger partial charge in [0.25, 0.3) is 0 Å². The molecule has 1 atom stereocenters. The summed E-state index contributed by atoms with van der Waals surface area (Å²) >= 11 is 5.55. The molecule has 0 saturated heterocycles. The van der Waals surface area contributed by atoms with Crippen molar-refractivity contribution in [3.8, 4) is 6.07 Å². The van der Waals surface area contributed by atoms with Crippen LogP contribution in [0, 0.1) is 17.1 Å². The minimum absolute atomic E-state index is 0.105. The Morgan fingerprint density at radius 2 is 2.33 bits per heavy atom. The standard InChI is InChI=1S/C11H12ClFN2/c1-8(4-5-14)15-7-9-2-3-10(12)11(13)6-9/h2-3,6,8,15H,4,7H2,1H3. The van der Waals surface area contributed by atoms with Crippen LogP contribution in [0.2, 0.25) is 5.02 Å². The Hall–Kier alpha value is -1.11. The first-order chi connectivity index (χ1) is 7.13. The van der Waals surface area contributed by atoms with Gasteiger partial charge in [-0.3, -0.25) is 0 Å². The maximum absolute atomic E-state index is 13.0. The van der Waals surface area contributed by atoms with Gasteiger partial charge in [0, 0.05) is 12.6 Å². The van der Waals surface area contributed by atoms with Crippen LogP contribution in [0.4, 0.5) is 4.39 Å². The third-order valence-corrected chi connectivity index (χ3v) is 2.34. The lowest BCUT2D eigenvalue weighted by atomic mass is 10.2. The third kappa shape index (κ3) is 3.86. The molecule has 0 spiro atoms. The van der Waals surface area contributed by atoms with Gasteiger partial charge in [-0.1, -0.05) is 17.7 Å². The van der Waals surface area contributed by atoms with Crippen LogP contribution >= 0.6 is 11.6 Å². The van der Waals surface area contributed by atoms with Gasteiger partial charge < -0.3 is 5.32 Å². The van der Waals surface area contributed by atoms with Crippen LogP contribution in [0.5, 0.6) is 0 Å². The zero-order valence-corrected chi connectivity index (χ0v) is 9.18. The van der Waals surface area contributed by atoms with Gasteiger partial charge in [-0.2, -0.15) is 5.26 Å². The molecular formula is C11H12ClFN2. The van der Waals surface area contributed by atoms with Gasteiger partial charge >= 0.3 is 0 Å². The molecule has 1 unspecified atom stereocenters. The summed E-state index contributed by atoms with van der Waals surface area (Å²) in [5, 5.41) is 11.7. The Labute approximate surface area is 93.7 Å². The lowest BCUT2D eigenvalue weighted by molar-refractivity contribution is 0.554. The molecule has 15 heavy (non-hydrogen) atoms. The summed E-state index contributed by atoms with van der Waals surface area (Å²) in [6, 6.07) is 6.86. The van der Waals surface area contributed by atoms with Gasteiger partial charge in [0.15, 0.2) is 0 Å². The fourth-order valence-corrected chi connectivity index (χ4v) is 1.27. The molecule has 80 valence electrons. The van der Waals surface area contributed by atoms with E-state index in [9.17, 15) is 4.39 Å². The van der Waals surface area contributed by atoms with Crippen LogP contribution in [-0.4, -0.2) is 6.04 Å². The number of nitrogens with zero attached hydrogens (tertiary/aromatic N) is 1. The van der Waals surface area contributed by atoms with Crippen molar-refractivity contribution in [2.75, 3.05) is 0 Å². The first-order valence-electron chi connectivity index (χ1n) is 4.67. The van der Waals surface area contributed by atoms with E-state index in [-0.39, 0.29) is 11.1 Å². The molecule has 0 saturated carbocycles. The van der Waals surface area contributed by atoms with E-state index in [4.69, 9.17) is 16.9 Å². The minimum Gasteiger partial charge on any atom is -0.309 e. The molecule has 4 heteroatoms. The first-order valence-corrected chi connectivity index (χ1v) is 5.05. The normalized spacial score (nSPS) is 12.1. The van der Waals surface area contributed by atoms with Crippen molar-refractivity contribution >= 4 is 11.6 Å². The van der Waals surface area contributed by atoms with Crippen molar-refractivity contribution in [2.24, 2.45) is 0 Å². The number of hydrogen-bond donors (Lipinski definition) is 1. The number of nitriles is 1. The highest BCUT2D eigenvalue weighted by Gasteiger charge is 2.03. The fourth-order valence-electron chi connectivity index (χ4n) is 1.15. The average molecular weight is 227 g/mol. The minimum atomic E-state index is -0.413. The van der Waals surface area contributed by atoms with Crippen molar-refractivity contribution in [3.05, 3.63) is 34.6 Å². The molecule has 0 radical (unpaired) electrons. The third-order valence-electron chi connectivity index (χ3n) is 2.04. The highest BCUT2D eigenvalue weighted by Crippen LogP contribution is 2.15. The van der Waals surface area contributed by atoms with Crippen LogP contribution in [0.3, 0.4) is 0 Å². The van der Waals surface area contributed by atoms with E-state index in [1.807, 2.05) is 6.92 Å². The smallest absolute Gasteiger partial charge is 0.142 e. The van der Waals surface area contributed by atoms with E-state index >= 15 is 0 Å². The maximum atomic E-state index is 13.0. The Morgan fingerprint density at radius 1 is 1.60 bits per heavy atom. The Kier molecular flexibility index (Phi) is 4.54. The highest BCUT2D eigenvalue weighted by atomic mass is 35.5. The van der Waals surface area contributed by atoms with Gasteiger partial charge in [-0.05, 0) is 24.6 Å². The average Bonchev–Trinajstić information content (AvgIpc) is 2.20. The van der Waals surface area contributed by atoms with Crippen LogP contribution in [0.15, 0.2) is 18.2 Å². The van der Waals surface area contributed by atoms with E-state index in [0.29, 0.717) is 13.0 Å². The Morgan fingerprint density at radius 3 is 2.93 bits per heavy atom. The van der Waals surface area contributed by atoms with Crippen LogP contribution in [-0.2, 0) is 6.54 Å². The van der Waals surface area contributed by atoms with Crippen molar-refractivity contribution in [1.82, 2.24) is 5.32 Å². The van der Waals surface area contributed by atoms with Crippen LogP contribution < -0.4 is 5.32 Å². The second-order valence-corrected chi connectivity index (χ2v) is 3.80. The highest BCUT2D eigenvalue weighted by molar-refractivity contribution is 6.30. The predicted octanol–water partition coefficient (Wildman–Crippen LogP) is 2.87. The Balaban J connectivity index is 2.51. The lowest BCUT2D eigenvalue weighted by Crippen LogP contribution is -2.24. The van der Waals surface area contributed by atoms with Crippen molar-refractivity contribution < 1.29 is 4.39 Å². The molecule has 1 aromatic carbocycles. The molecule has 2 nitrogen and oxygen atoms in total. The SMILES string of the molecule is CC(CC#N)NCc1ccc(Cl)c(F)c1. The quantitative estimate of drug-likeness (QED) is 0.857. The molecule has 0 fully saturated rings. The molecule has 1 aromatic rings. The van der Waals surface area contributed by atoms with Gasteiger partial charge in [0.05, 0.1) is 17.5 Å². The number of halogens is 2. The molecule has 0 bridgehead atoms. The summed E-state index contributed by atoms with van der Waals surface area (Å²) in [7, 11) is 0. The van der Waals surface area contributed by atoms with Gasteiger partial charge in [-0.15, -0.1) is 0 Å². The van der Waals surface area contributed by atoms with E-state index < -0.39 is 5.82 Å². The fraction of sp³-hybridized carbons (Fsp3) is 0.364. The van der Waals surface area contributed by atoms with Gasteiger partial charge in [0.2, 0.25) is 0 Å². The monoisotopic (exact) mass is 226 g/mol. The lowest BCUT2D eigenvalue weighted by Gasteiger charge is -2.10. The number of nitrogens with one attached hydrogen (secondary N) is 1. The summed E-state index contributed by atoms with van der Waals surface area (Å²) in [5.41, 5.74) is 0.821. The summed E-state index contributed by atoms with van der Waals surface area (Å²) in [4.78, 5) is 0. The summed E-state index contributed by atoms with van der Waals surface area (Å²) in [6.07, 6.45) is 0.441. The van der Waals surface area contributed by atoms with E-state index in [1.54, 1.807) is 6.07 Å². The number of hydrogen-bond acceptors (Lipinski definition) is 2. The zero-order valence-electron chi connectivity index (χ0n) is 8.43. The van der Waals surface area contributed by atoms with Crippen LogP contribution in [0.25, 0.3) is 0 Å². The summed E-state index contributed by atoms with van der Waals surface area (Å²) in [5.74, 6) is -0.413. The van der Waals surface area contributed by atoms with Crippen LogP contribution in [0.1, 0.15) is 18.9 Å². The first kappa shape index (κ1) is 12.0. The molecule has 0 aliphatic carbocycles. The number of benzene rings is 1. The molecule has 0 aliphatic rings. The van der Waals surface area contributed by atoms with Crippen molar-refractivity contribution in [2.45, 2.75) is 25.9 Å². The van der Waals surface area contributed by atoms with Gasteiger partial charge in [-0.25, -0.2) is 4.39 Å². The molecule has 0 aliphatic heterocycles. The van der Waals surface area contributed by atoms with E-state index in [1.165, 1.54) is 12.1 Å².